The molecular weight excluding hydrogens is 276 g/mol. The summed E-state index contributed by atoms with van der Waals surface area (Å²) in [5.74, 6) is 0.402. The summed E-state index contributed by atoms with van der Waals surface area (Å²) in [6.45, 7) is 6.30. The van der Waals surface area contributed by atoms with E-state index in [-0.39, 0.29) is 17.1 Å². The number of pyridine rings is 1. The molecular formula is C13H20N4O4. The van der Waals surface area contributed by atoms with Crippen LogP contribution in [0.2, 0.25) is 0 Å². The van der Waals surface area contributed by atoms with E-state index in [9.17, 15) is 14.9 Å². The average molecular weight is 296 g/mol. The number of rotatable bonds is 6. The number of amides is 1. The van der Waals surface area contributed by atoms with Crippen LogP contribution in [0.3, 0.4) is 0 Å². The van der Waals surface area contributed by atoms with E-state index in [1.54, 1.807) is 0 Å². The lowest BCUT2D eigenvalue weighted by atomic mass is 9.84. The van der Waals surface area contributed by atoms with Gasteiger partial charge in [0.2, 0.25) is 0 Å². The molecule has 1 rings (SSSR count). The van der Waals surface area contributed by atoms with Crippen LogP contribution in [0, 0.1) is 15.5 Å². The number of nitrogens with one attached hydrogen (secondary N) is 2. The monoisotopic (exact) mass is 296 g/mol. The average Bonchev–Trinajstić information content (AvgIpc) is 2.36. The highest BCUT2D eigenvalue weighted by molar-refractivity contribution is 5.64. The van der Waals surface area contributed by atoms with Gasteiger partial charge in [-0.3, -0.25) is 10.1 Å². The highest BCUT2D eigenvalue weighted by Gasteiger charge is 2.25. The maximum Gasteiger partial charge on any atom is 0.404 e. The zero-order valence-electron chi connectivity index (χ0n) is 12.3. The Kier molecular flexibility index (Phi) is 5.45. The van der Waals surface area contributed by atoms with E-state index in [2.05, 4.69) is 15.6 Å². The van der Waals surface area contributed by atoms with E-state index in [4.69, 9.17) is 5.11 Å². The molecule has 1 heterocycles. The van der Waals surface area contributed by atoms with Crippen molar-refractivity contribution < 1.29 is 14.8 Å². The van der Waals surface area contributed by atoms with E-state index < -0.39 is 11.0 Å². The van der Waals surface area contributed by atoms with E-state index in [0.29, 0.717) is 18.8 Å². The minimum absolute atomic E-state index is 0.0381. The Morgan fingerprint density at radius 1 is 1.52 bits per heavy atom. The van der Waals surface area contributed by atoms with E-state index in [1.807, 2.05) is 20.8 Å². The maximum atomic E-state index is 10.8. The van der Waals surface area contributed by atoms with Crippen molar-refractivity contribution in [3.05, 3.63) is 28.4 Å². The SMILES string of the molecule is CC(C)(C)C(CCNC(=O)O)Nc1cc([N+](=O)[O-])ccn1. The van der Waals surface area contributed by atoms with Crippen molar-refractivity contribution in [2.45, 2.75) is 33.2 Å². The van der Waals surface area contributed by atoms with Crippen molar-refractivity contribution >= 4 is 17.6 Å². The van der Waals surface area contributed by atoms with Gasteiger partial charge in [-0.05, 0) is 11.8 Å². The molecule has 8 heteroatoms. The molecule has 0 bridgehead atoms. The van der Waals surface area contributed by atoms with Crippen LogP contribution in [-0.2, 0) is 0 Å². The molecule has 0 saturated heterocycles. The van der Waals surface area contributed by atoms with Gasteiger partial charge in [0.1, 0.15) is 5.82 Å². The lowest BCUT2D eigenvalue weighted by Crippen LogP contribution is -2.37. The van der Waals surface area contributed by atoms with Gasteiger partial charge >= 0.3 is 6.09 Å². The number of hydrogen-bond donors (Lipinski definition) is 3. The lowest BCUT2D eigenvalue weighted by molar-refractivity contribution is -0.384. The Morgan fingerprint density at radius 2 is 2.19 bits per heavy atom. The Hall–Kier alpha value is -2.38. The topological polar surface area (TPSA) is 117 Å². The molecule has 0 aromatic carbocycles. The summed E-state index contributed by atoms with van der Waals surface area (Å²) in [6, 6.07) is 2.60. The number of nitro groups is 1. The third-order valence-corrected chi connectivity index (χ3v) is 3.03. The molecule has 116 valence electrons. The maximum absolute atomic E-state index is 10.8. The van der Waals surface area contributed by atoms with Crippen LogP contribution in [0.1, 0.15) is 27.2 Å². The molecule has 1 aromatic rings. The van der Waals surface area contributed by atoms with Gasteiger partial charge in [-0.2, -0.15) is 0 Å². The summed E-state index contributed by atoms with van der Waals surface area (Å²) in [6.07, 6.45) is 0.840. The fourth-order valence-electron chi connectivity index (χ4n) is 1.84. The van der Waals surface area contributed by atoms with Gasteiger partial charge < -0.3 is 15.7 Å². The lowest BCUT2D eigenvalue weighted by Gasteiger charge is -2.32. The fourth-order valence-corrected chi connectivity index (χ4v) is 1.84. The number of aromatic nitrogens is 1. The molecule has 3 N–H and O–H groups in total. The smallest absolute Gasteiger partial charge is 0.404 e. The van der Waals surface area contributed by atoms with Gasteiger partial charge in [0.25, 0.3) is 5.69 Å². The quantitative estimate of drug-likeness (QED) is 0.548. The Morgan fingerprint density at radius 3 is 2.71 bits per heavy atom. The standard InChI is InChI=1S/C13H20N4O4/c1-13(2,3)10(5-7-15-12(18)19)16-11-8-9(17(20)21)4-6-14-11/h4,6,8,10,15H,5,7H2,1-3H3,(H,14,16)(H,18,19). The van der Waals surface area contributed by atoms with Crippen molar-refractivity contribution in [2.75, 3.05) is 11.9 Å². The number of anilines is 1. The number of carbonyl (C=O) groups is 1. The largest absolute Gasteiger partial charge is 0.465 e. The van der Waals surface area contributed by atoms with Crippen LogP contribution in [0.25, 0.3) is 0 Å². The van der Waals surface area contributed by atoms with Gasteiger partial charge in [-0.1, -0.05) is 20.8 Å². The molecule has 8 nitrogen and oxygen atoms in total. The summed E-state index contributed by atoms with van der Waals surface area (Å²) in [7, 11) is 0. The molecule has 21 heavy (non-hydrogen) atoms. The Balaban J connectivity index is 2.79. The molecule has 1 unspecified atom stereocenters. The zero-order valence-corrected chi connectivity index (χ0v) is 12.3. The normalized spacial score (nSPS) is 12.5. The first-order valence-corrected chi connectivity index (χ1v) is 6.54. The van der Waals surface area contributed by atoms with E-state index in [1.165, 1.54) is 18.3 Å². The van der Waals surface area contributed by atoms with Crippen LogP contribution >= 0.6 is 0 Å². The summed E-state index contributed by atoms with van der Waals surface area (Å²) in [5.41, 5.74) is -0.198. The van der Waals surface area contributed by atoms with Crippen LogP contribution in [-0.4, -0.2) is 33.7 Å². The number of hydrogen-bond acceptors (Lipinski definition) is 5. The van der Waals surface area contributed by atoms with Crippen LogP contribution in [0.4, 0.5) is 16.3 Å². The van der Waals surface area contributed by atoms with Gasteiger partial charge in [-0.15, -0.1) is 0 Å². The molecule has 0 aliphatic rings. The van der Waals surface area contributed by atoms with Crippen LogP contribution in [0.15, 0.2) is 18.3 Å². The van der Waals surface area contributed by atoms with Crippen molar-refractivity contribution in [3.8, 4) is 0 Å². The predicted octanol–water partition coefficient (Wildman–Crippen LogP) is 2.47. The van der Waals surface area contributed by atoms with Crippen LogP contribution in [0.5, 0.6) is 0 Å². The molecule has 0 fully saturated rings. The highest BCUT2D eigenvalue weighted by Crippen LogP contribution is 2.25. The van der Waals surface area contributed by atoms with Crippen LogP contribution < -0.4 is 10.6 Å². The molecule has 1 atom stereocenters. The third kappa shape index (κ3) is 5.64. The molecule has 0 aliphatic carbocycles. The minimum Gasteiger partial charge on any atom is -0.465 e. The molecule has 0 saturated carbocycles. The molecule has 0 aliphatic heterocycles. The van der Waals surface area contributed by atoms with Gasteiger partial charge in [0.15, 0.2) is 0 Å². The highest BCUT2D eigenvalue weighted by atomic mass is 16.6. The minimum atomic E-state index is -1.07. The van der Waals surface area contributed by atoms with Gasteiger partial charge in [0.05, 0.1) is 11.0 Å². The fraction of sp³-hybridized carbons (Fsp3) is 0.538. The first-order chi connectivity index (χ1) is 9.70. The second-order valence-corrected chi connectivity index (χ2v) is 5.74. The van der Waals surface area contributed by atoms with E-state index in [0.717, 1.165) is 0 Å². The Bertz CT molecular complexity index is 513. The van der Waals surface area contributed by atoms with Gasteiger partial charge in [-0.25, -0.2) is 9.78 Å². The number of carboxylic acid groups (broad SMARTS) is 1. The summed E-state index contributed by atoms with van der Waals surface area (Å²) in [5, 5.41) is 24.8. The van der Waals surface area contributed by atoms with Crippen molar-refractivity contribution in [1.29, 1.82) is 0 Å². The van der Waals surface area contributed by atoms with Crippen molar-refractivity contribution in [1.82, 2.24) is 10.3 Å². The van der Waals surface area contributed by atoms with Crippen molar-refractivity contribution in [3.63, 3.8) is 0 Å². The van der Waals surface area contributed by atoms with Gasteiger partial charge in [0, 0.05) is 24.8 Å². The van der Waals surface area contributed by atoms with Crippen molar-refractivity contribution in [2.24, 2.45) is 5.41 Å². The molecule has 0 spiro atoms. The molecule has 1 amide bonds. The summed E-state index contributed by atoms with van der Waals surface area (Å²) in [4.78, 5) is 24.8. The summed E-state index contributed by atoms with van der Waals surface area (Å²) >= 11 is 0. The predicted molar refractivity (Wildman–Crippen MR) is 78.4 cm³/mol. The zero-order chi connectivity index (χ0) is 16.0. The number of nitrogens with zero attached hydrogens (tertiary/aromatic N) is 2. The first-order valence-electron chi connectivity index (χ1n) is 6.54. The second-order valence-electron chi connectivity index (χ2n) is 5.74. The first kappa shape index (κ1) is 16.7. The van der Waals surface area contributed by atoms with E-state index >= 15 is 0 Å². The Labute approximate surface area is 122 Å². The second kappa shape index (κ2) is 6.87. The molecule has 0 radical (unpaired) electrons. The third-order valence-electron chi connectivity index (χ3n) is 3.03. The molecule has 1 aromatic heterocycles. The summed E-state index contributed by atoms with van der Waals surface area (Å²) < 4.78 is 0.